The minimum atomic E-state index is 0.635. The lowest BCUT2D eigenvalue weighted by Crippen LogP contribution is -2.05. The van der Waals surface area contributed by atoms with Crippen LogP contribution in [0.4, 0.5) is 0 Å². The van der Waals surface area contributed by atoms with Crippen molar-refractivity contribution in [3.63, 3.8) is 0 Å². The second kappa shape index (κ2) is 13.8. The summed E-state index contributed by atoms with van der Waals surface area (Å²) in [4.78, 5) is 15.9. The molecule has 2 aliphatic carbocycles. The average molecular weight is 796 g/mol. The van der Waals surface area contributed by atoms with Gasteiger partial charge in [0.2, 0.25) is 0 Å². The van der Waals surface area contributed by atoms with Crippen LogP contribution in [0.2, 0.25) is 0 Å². The van der Waals surface area contributed by atoms with E-state index in [9.17, 15) is 0 Å². The van der Waals surface area contributed by atoms with E-state index in [0.717, 1.165) is 103 Å². The Labute approximate surface area is 357 Å². The Morgan fingerprint density at radius 3 is 1.95 bits per heavy atom. The Morgan fingerprint density at radius 1 is 0.403 bits per heavy atom. The Morgan fingerprint density at radius 2 is 1.05 bits per heavy atom. The molecule has 0 saturated carbocycles. The van der Waals surface area contributed by atoms with E-state index >= 15 is 0 Å². The molecule has 0 aliphatic heterocycles. The van der Waals surface area contributed by atoms with E-state index in [1.165, 1.54) is 38.4 Å². The third kappa shape index (κ3) is 5.45. The number of allylic oxidation sites excluding steroid dienone is 2. The topological polar surface area (TPSA) is 65.0 Å². The van der Waals surface area contributed by atoms with Gasteiger partial charge < -0.3 is 8.83 Å². The summed E-state index contributed by atoms with van der Waals surface area (Å²) in [5.41, 5.74) is 13.8. The maximum Gasteiger partial charge on any atom is 0.164 e. The molecule has 0 amide bonds. The first-order chi connectivity index (χ1) is 30.7. The number of aryl methyl sites for hydroxylation is 1. The van der Waals surface area contributed by atoms with Gasteiger partial charge in [0, 0.05) is 44.0 Å². The molecule has 3 heterocycles. The van der Waals surface area contributed by atoms with Gasteiger partial charge >= 0.3 is 0 Å². The van der Waals surface area contributed by atoms with Crippen molar-refractivity contribution in [1.82, 2.24) is 15.0 Å². The van der Waals surface area contributed by atoms with Crippen molar-refractivity contribution >= 4 is 66.6 Å². The smallest absolute Gasteiger partial charge is 0.164 e. The van der Waals surface area contributed by atoms with E-state index in [-0.39, 0.29) is 0 Å². The zero-order valence-corrected chi connectivity index (χ0v) is 33.7. The van der Waals surface area contributed by atoms with Crippen LogP contribution in [0.15, 0.2) is 173 Å². The Kier molecular flexibility index (Phi) is 7.79. The molecular formula is C57H37N3O2. The monoisotopic (exact) mass is 795 g/mol. The van der Waals surface area contributed by atoms with E-state index in [1.54, 1.807) is 0 Å². The van der Waals surface area contributed by atoms with Gasteiger partial charge in [-0.1, -0.05) is 146 Å². The third-order valence-corrected chi connectivity index (χ3v) is 12.9. The van der Waals surface area contributed by atoms with Gasteiger partial charge in [0.1, 0.15) is 22.5 Å². The van der Waals surface area contributed by atoms with Crippen molar-refractivity contribution in [2.24, 2.45) is 0 Å². The lowest BCUT2D eigenvalue weighted by atomic mass is 9.85. The molecule has 8 aromatic carbocycles. The lowest BCUT2D eigenvalue weighted by Gasteiger charge is -2.20. The molecule has 0 spiro atoms. The zero-order chi connectivity index (χ0) is 40.7. The number of hydrogen-bond donors (Lipinski definition) is 0. The van der Waals surface area contributed by atoms with E-state index in [4.69, 9.17) is 23.8 Å². The van der Waals surface area contributed by atoms with Crippen LogP contribution in [0.25, 0.3) is 123 Å². The summed E-state index contributed by atoms with van der Waals surface area (Å²) in [7, 11) is 0. The molecule has 0 fully saturated rings. The van der Waals surface area contributed by atoms with Crippen molar-refractivity contribution in [3.8, 4) is 56.4 Å². The van der Waals surface area contributed by atoms with Gasteiger partial charge in [0.05, 0.1) is 0 Å². The van der Waals surface area contributed by atoms with Crippen molar-refractivity contribution in [3.05, 3.63) is 186 Å². The normalized spacial score (nSPS) is 13.4. The molecule has 0 N–H and O–H groups in total. The fourth-order valence-corrected chi connectivity index (χ4v) is 10.0. The highest BCUT2D eigenvalue weighted by molar-refractivity contribution is 6.17. The first-order valence-corrected chi connectivity index (χ1v) is 21.5. The highest BCUT2D eigenvalue weighted by Crippen LogP contribution is 2.45. The SMILES string of the molecule is C1=Cc2c(-c3nc(-c4ccc5ccccc5c4)nc(-c4cccc5oc6c(c45)CCC=C6)n3)ccc(-c3cccc4oc5c(-c6cccc7ccccc67)cccc5c34)c2CC1. The number of furan rings is 2. The van der Waals surface area contributed by atoms with E-state index < -0.39 is 0 Å². The van der Waals surface area contributed by atoms with E-state index in [1.807, 2.05) is 12.1 Å². The fraction of sp³-hybridized carbons (Fsp3) is 0.0702. The van der Waals surface area contributed by atoms with Gasteiger partial charge in [0.15, 0.2) is 17.5 Å². The number of nitrogens with zero attached hydrogens (tertiary/aromatic N) is 3. The summed E-state index contributed by atoms with van der Waals surface area (Å²) in [5, 5.41) is 8.05. The first kappa shape index (κ1) is 34.9. The van der Waals surface area contributed by atoms with Crippen LogP contribution in [0.1, 0.15) is 35.3 Å². The zero-order valence-electron chi connectivity index (χ0n) is 33.7. The number of fused-ring (bicyclic) bond motifs is 9. The second-order valence-corrected chi connectivity index (χ2v) is 16.4. The maximum absolute atomic E-state index is 6.83. The summed E-state index contributed by atoms with van der Waals surface area (Å²) >= 11 is 0. The molecule has 0 radical (unpaired) electrons. The first-order valence-electron chi connectivity index (χ1n) is 21.5. The molecule has 0 saturated heterocycles. The quantitative estimate of drug-likeness (QED) is 0.174. The Hall–Kier alpha value is -7.89. The molecule has 5 nitrogen and oxygen atoms in total. The van der Waals surface area contributed by atoms with Crippen molar-refractivity contribution < 1.29 is 8.83 Å². The summed E-state index contributed by atoms with van der Waals surface area (Å²) < 4.78 is 13.2. The summed E-state index contributed by atoms with van der Waals surface area (Å²) in [6.07, 6.45) is 12.5. The number of benzene rings is 8. The molecule has 3 aromatic heterocycles. The van der Waals surface area contributed by atoms with Crippen molar-refractivity contribution in [1.29, 1.82) is 0 Å². The number of aromatic nitrogens is 3. The predicted molar refractivity (Wildman–Crippen MR) is 254 cm³/mol. The van der Waals surface area contributed by atoms with Crippen LogP contribution >= 0.6 is 0 Å². The summed E-state index contributed by atoms with van der Waals surface area (Å²) in [6.45, 7) is 0. The molecule has 2 aliphatic rings. The molecule has 11 aromatic rings. The van der Waals surface area contributed by atoms with Crippen LogP contribution in [-0.2, 0) is 12.8 Å². The average Bonchev–Trinajstić information content (AvgIpc) is 3.92. The predicted octanol–water partition coefficient (Wildman–Crippen LogP) is 15.1. The Bertz CT molecular complexity index is 3710. The molecule has 13 rings (SSSR count). The third-order valence-electron chi connectivity index (χ3n) is 12.9. The fourth-order valence-electron chi connectivity index (χ4n) is 10.0. The molecule has 0 unspecified atom stereocenters. The molecule has 0 bridgehead atoms. The molecular weight excluding hydrogens is 759 g/mol. The van der Waals surface area contributed by atoms with E-state index in [0.29, 0.717) is 17.5 Å². The minimum absolute atomic E-state index is 0.635. The van der Waals surface area contributed by atoms with Crippen LogP contribution in [0.3, 0.4) is 0 Å². The lowest BCUT2D eigenvalue weighted by molar-refractivity contribution is 0.595. The van der Waals surface area contributed by atoms with Gasteiger partial charge in [0.25, 0.3) is 0 Å². The van der Waals surface area contributed by atoms with Gasteiger partial charge in [-0.05, 0) is 105 Å². The molecule has 5 heteroatoms. The van der Waals surface area contributed by atoms with Gasteiger partial charge in [-0.25, -0.2) is 15.0 Å². The van der Waals surface area contributed by atoms with E-state index in [2.05, 4.69) is 164 Å². The summed E-state index contributed by atoms with van der Waals surface area (Å²) in [6, 6.07) is 53.7. The number of hydrogen-bond acceptors (Lipinski definition) is 5. The van der Waals surface area contributed by atoms with Gasteiger partial charge in [-0.2, -0.15) is 0 Å². The number of para-hydroxylation sites is 1. The molecule has 292 valence electrons. The molecule has 0 atom stereocenters. The Balaban J connectivity index is 1.01. The second-order valence-electron chi connectivity index (χ2n) is 16.4. The van der Waals surface area contributed by atoms with Crippen LogP contribution in [0.5, 0.6) is 0 Å². The minimum Gasteiger partial charge on any atom is -0.456 e. The van der Waals surface area contributed by atoms with Crippen molar-refractivity contribution in [2.45, 2.75) is 25.7 Å². The molecule has 62 heavy (non-hydrogen) atoms. The van der Waals surface area contributed by atoms with Crippen LogP contribution < -0.4 is 0 Å². The van der Waals surface area contributed by atoms with Gasteiger partial charge in [-0.15, -0.1) is 0 Å². The highest BCUT2D eigenvalue weighted by atomic mass is 16.3. The largest absolute Gasteiger partial charge is 0.456 e. The van der Waals surface area contributed by atoms with Crippen LogP contribution in [0, 0.1) is 0 Å². The standard InChI is InChI=1S/C57H37N3O2/c1-2-15-36-33-37(30-29-34(36)13-1)55-58-56(60-57(59-55)48-25-12-27-50-53(48)46-20-7-8-26-49(46)61-50)45-32-31-42(40-18-5-6-19-41(40)45)43-22-11-28-51-52(43)47-24-10-23-44(54(47)62-51)39-21-9-16-35-14-3-4-17-38(35)39/h1-4,6,8-17,19,21-33H,5,7,18,20H2. The number of rotatable bonds is 5. The van der Waals surface area contributed by atoms with Crippen LogP contribution in [-0.4, -0.2) is 15.0 Å². The summed E-state index contributed by atoms with van der Waals surface area (Å²) in [5.74, 6) is 2.84. The maximum atomic E-state index is 6.83. The van der Waals surface area contributed by atoms with Gasteiger partial charge in [-0.3, -0.25) is 0 Å². The van der Waals surface area contributed by atoms with Crippen molar-refractivity contribution in [2.75, 3.05) is 0 Å². The highest BCUT2D eigenvalue weighted by Gasteiger charge is 2.25.